The molecule has 10 nitrogen and oxygen atoms in total. The van der Waals surface area contributed by atoms with E-state index >= 15 is 0 Å². The van der Waals surface area contributed by atoms with Gasteiger partial charge in [-0.3, -0.25) is 14.4 Å². The minimum absolute atomic E-state index is 0.00876. The van der Waals surface area contributed by atoms with Crippen LogP contribution in [0.2, 0.25) is 0 Å². The van der Waals surface area contributed by atoms with Gasteiger partial charge in [0.15, 0.2) is 0 Å². The van der Waals surface area contributed by atoms with Crippen LogP contribution in [0.25, 0.3) is 0 Å². The lowest BCUT2D eigenvalue weighted by Gasteiger charge is -2.30. The highest BCUT2D eigenvalue weighted by Crippen LogP contribution is 2.29. The first-order valence-corrected chi connectivity index (χ1v) is 10.9. The number of aromatic carboxylic acids is 1. The third-order valence-electron chi connectivity index (χ3n) is 5.71. The number of hydrogen-bond donors (Lipinski definition) is 5. The number of amides is 3. The Morgan fingerprint density at radius 2 is 1.71 bits per heavy atom. The monoisotopic (exact) mass is 469 g/mol. The second-order valence-electron chi connectivity index (χ2n) is 8.43. The third kappa shape index (κ3) is 5.28. The van der Waals surface area contributed by atoms with Crippen LogP contribution in [0.5, 0.6) is 11.5 Å². The van der Waals surface area contributed by atoms with Crippen LogP contribution in [0.3, 0.4) is 0 Å². The molecule has 2 aromatic rings. The fourth-order valence-electron chi connectivity index (χ4n) is 3.89. The topological polar surface area (TPSA) is 156 Å². The SMILES string of the molecule is CC(C)[C@@H](NC(=O)c1ccc(O)cc1)C(=O)N1CCC[C@H]1C(=O)Nc1c(O)cccc1C(=O)O. The summed E-state index contributed by atoms with van der Waals surface area (Å²) < 4.78 is 0. The Hall–Kier alpha value is -4.08. The number of phenols is 2. The molecule has 0 bridgehead atoms. The highest BCUT2D eigenvalue weighted by atomic mass is 16.4. The molecular weight excluding hydrogens is 442 g/mol. The van der Waals surface area contributed by atoms with Crippen LogP contribution in [-0.2, 0) is 9.59 Å². The highest BCUT2D eigenvalue weighted by Gasteiger charge is 2.39. The molecule has 0 unspecified atom stereocenters. The van der Waals surface area contributed by atoms with Gasteiger partial charge in [-0.15, -0.1) is 0 Å². The maximum atomic E-state index is 13.4. The van der Waals surface area contributed by atoms with Crippen LogP contribution in [0.4, 0.5) is 5.69 Å². The zero-order chi connectivity index (χ0) is 25.0. The molecule has 34 heavy (non-hydrogen) atoms. The van der Waals surface area contributed by atoms with Crippen LogP contribution >= 0.6 is 0 Å². The van der Waals surface area contributed by atoms with Gasteiger partial charge in [-0.25, -0.2) is 4.79 Å². The Kier molecular flexibility index (Phi) is 7.40. The van der Waals surface area contributed by atoms with Gasteiger partial charge in [0.05, 0.1) is 11.3 Å². The smallest absolute Gasteiger partial charge is 0.337 e. The fraction of sp³-hybridized carbons (Fsp3) is 0.333. The van der Waals surface area contributed by atoms with Gasteiger partial charge in [0, 0.05) is 12.1 Å². The number of benzene rings is 2. The molecule has 1 saturated heterocycles. The van der Waals surface area contributed by atoms with E-state index in [2.05, 4.69) is 10.6 Å². The van der Waals surface area contributed by atoms with E-state index < -0.39 is 41.5 Å². The predicted molar refractivity (Wildman–Crippen MR) is 123 cm³/mol. The number of likely N-dealkylation sites (tertiary alicyclic amines) is 1. The summed E-state index contributed by atoms with van der Waals surface area (Å²) in [6, 6.07) is 7.67. The Morgan fingerprint density at radius 1 is 1.03 bits per heavy atom. The minimum atomic E-state index is -1.32. The number of para-hydroxylation sites is 1. The van der Waals surface area contributed by atoms with E-state index in [0.717, 1.165) is 0 Å². The largest absolute Gasteiger partial charge is 0.508 e. The van der Waals surface area contributed by atoms with Crippen molar-refractivity contribution in [3.63, 3.8) is 0 Å². The summed E-state index contributed by atoms with van der Waals surface area (Å²) in [5, 5.41) is 34.0. The van der Waals surface area contributed by atoms with Crippen LogP contribution in [0.1, 0.15) is 47.4 Å². The molecule has 1 aliphatic heterocycles. The van der Waals surface area contributed by atoms with E-state index in [4.69, 9.17) is 0 Å². The first kappa shape index (κ1) is 24.6. The second-order valence-corrected chi connectivity index (χ2v) is 8.43. The summed E-state index contributed by atoms with van der Waals surface area (Å²) in [6.45, 7) is 3.83. The first-order valence-electron chi connectivity index (χ1n) is 10.9. The van der Waals surface area contributed by atoms with Crippen LogP contribution in [0.15, 0.2) is 42.5 Å². The molecule has 2 aromatic carbocycles. The van der Waals surface area contributed by atoms with E-state index in [1.165, 1.54) is 47.4 Å². The quantitative estimate of drug-likeness (QED) is 0.389. The molecular formula is C24H27N3O7. The summed E-state index contributed by atoms with van der Waals surface area (Å²) in [7, 11) is 0. The van der Waals surface area contributed by atoms with Gasteiger partial charge in [-0.2, -0.15) is 0 Å². The zero-order valence-corrected chi connectivity index (χ0v) is 18.8. The molecule has 180 valence electrons. The van der Waals surface area contributed by atoms with E-state index in [1.807, 2.05) is 0 Å². The van der Waals surface area contributed by atoms with Crippen LogP contribution in [-0.4, -0.2) is 62.5 Å². The molecule has 2 atom stereocenters. The van der Waals surface area contributed by atoms with Crippen molar-refractivity contribution in [2.75, 3.05) is 11.9 Å². The maximum Gasteiger partial charge on any atom is 0.337 e. The summed E-state index contributed by atoms with van der Waals surface area (Å²) in [4.78, 5) is 51.9. The molecule has 0 spiro atoms. The normalized spacial score (nSPS) is 16.2. The average Bonchev–Trinajstić information content (AvgIpc) is 3.28. The van der Waals surface area contributed by atoms with Crippen molar-refractivity contribution in [3.8, 4) is 11.5 Å². The average molecular weight is 469 g/mol. The number of carboxylic acids is 1. The molecule has 10 heteroatoms. The van der Waals surface area contributed by atoms with Crippen molar-refractivity contribution in [1.29, 1.82) is 0 Å². The molecule has 5 N–H and O–H groups in total. The van der Waals surface area contributed by atoms with E-state index in [9.17, 15) is 34.5 Å². The number of carboxylic acid groups (broad SMARTS) is 1. The van der Waals surface area contributed by atoms with Crippen molar-refractivity contribution in [2.24, 2.45) is 5.92 Å². The lowest BCUT2D eigenvalue weighted by atomic mass is 10.0. The molecule has 0 aliphatic carbocycles. The summed E-state index contributed by atoms with van der Waals surface area (Å²) >= 11 is 0. The van der Waals surface area contributed by atoms with Gasteiger partial charge in [0.25, 0.3) is 5.91 Å². The summed E-state index contributed by atoms with van der Waals surface area (Å²) in [5.74, 6) is -3.54. The lowest BCUT2D eigenvalue weighted by Crippen LogP contribution is -2.54. The molecule has 0 radical (unpaired) electrons. The highest BCUT2D eigenvalue weighted by molar-refractivity contribution is 6.05. The van der Waals surface area contributed by atoms with Crippen molar-refractivity contribution in [2.45, 2.75) is 38.8 Å². The molecule has 0 aromatic heterocycles. The molecule has 3 rings (SSSR count). The van der Waals surface area contributed by atoms with E-state index in [-0.39, 0.29) is 28.5 Å². The number of nitrogens with one attached hydrogen (secondary N) is 2. The number of nitrogens with zero attached hydrogens (tertiary/aromatic N) is 1. The fourth-order valence-corrected chi connectivity index (χ4v) is 3.89. The number of carbonyl (C=O) groups excluding carboxylic acids is 3. The minimum Gasteiger partial charge on any atom is -0.508 e. The Bertz CT molecular complexity index is 1100. The number of hydrogen-bond acceptors (Lipinski definition) is 6. The number of aromatic hydroxyl groups is 2. The lowest BCUT2D eigenvalue weighted by molar-refractivity contribution is -0.139. The molecule has 0 saturated carbocycles. The Balaban J connectivity index is 1.77. The van der Waals surface area contributed by atoms with Crippen molar-refractivity contribution in [3.05, 3.63) is 53.6 Å². The van der Waals surface area contributed by atoms with Gasteiger partial charge in [0.2, 0.25) is 11.8 Å². The zero-order valence-electron chi connectivity index (χ0n) is 18.8. The van der Waals surface area contributed by atoms with Crippen molar-refractivity contribution < 1.29 is 34.5 Å². The first-order chi connectivity index (χ1) is 16.1. The molecule has 1 heterocycles. The van der Waals surface area contributed by atoms with Gasteiger partial charge in [0.1, 0.15) is 23.6 Å². The van der Waals surface area contributed by atoms with Crippen LogP contribution in [0, 0.1) is 5.92 Å². The second kappa shape index (κ2) is 10.2. The maximum absolute atomic E-state index is 13.4. The van der Waals surface area contributed by atoms with Gasteiger partial charge in [-0.1, -0.05) is 19.9 Å². The molecule has 1 aliphatic rings. The van der Waals surface area contributed by atoms with Gasteiger partial charge < -0.3 is 30.9 Å². The van der Waals surface area contributed by atoms with Gasteiger partial charge >= 0.3 is 5.97 Å². The predicted octanol–water partition coefficient (Wildman–Crippen LogP) is 2.18. The Morgan fingerprint density at radius 3 is 2.32 bits per heavy atom. The summed E-state index contributed by atoms with van der Waals surface area (Å²) in [5.41, 5.74) is -0.237. The summed E-state index contributed by atoms with van der Waals surface area (Å²) in [6.07, 6.45) is 0.900. The number of phenolic OH excluding ortho intramolecular Hbond substituents is 2. The van der Waals surface area contributed by atoms with Crippen molar-refractivity contribution >= 4 is 29.4 Å². The number of rotatable bonds is 7. The number of anilines is 1. The van der Waals surface area contributed by atoms with Crippen molar-refractivity contribution in [1.82, 2.24) is 10.2 Å². The standard InChI is InChI=1S/C24H27N3O7/c1-13(2)19(25-21(30)14-8-10-15(28)11-9-14)23(32)27-12-4-6-17(27)22(31)26-20-16(24(33)34)5-3-7-18(20)29/h3,5,7-11,13,17,19,28-29H,4,6,12H2,1-2H3,(H,25,30)(H,26,31)(H,33,34)/t17-,19+/m0/s1. The van der Waals surface area contributed by atoms with Gasteiger partial charge in [-0.05, 0) is 55.2 Å². The van der Waals surface area contributed by atoms with Crippen LogP contribution < -0.4 is 10.6 Å². The molecule has 3 amide bonds. The Labute approximate surface area is 196 Å². The molecule has 1 fully saturated rings. The number of carbonyl (C=O) groups is 4. The van der Waals surface area contributed by atoms with E-state index in [1.54, 1.807) is 13.8 Å². The third-order valence-corrected chi connectivity index (χ3v) is 5.71. The van der Waals surface area contributed by atoms with E-state index in [0.29, 0.717) is 19.4 Å².